The van der Waals surface area contributed by atoms with Crippen molar-refractivity contribution in [2.24, 2.45) is 11.8 Å². The minimum Gasteiger partial charge on any atom is -0.466 e. The Hall–Kier alpha value is -2.32. The number of para-hydroxylation sites is 1. The number of nitrogens with zero attached hydrogens (tertiary/aromatic N) is 2. The Labute approximate surface area is 205 Å². The van der Waals surface area contributed by atoms with Crippen LogP contribution in [-0.2, 0) is 19.1 Å². The molecule has 3 aliphatic rings. The van der Waals surface area contributed by atoms with Crippen LogP contribution < -0.4 is 4.90 Å². The van der Waals surface area contributed by atoms with E-state index in [-0.39, 0.29) is 42.8 Å². The monoisotopic (exact) mass is 486 g/mol. The summed E-state index contributed by atoms with van der Waals surface area (Å²) in [7, 11) is 0. The van der Waals surface area contributed by atoms with Crippen LogP contribution in [0.5, 0.6) is 0 Å². The molecule has 0 aromatic heterocycles. The summed E-state index contributed by atoms with van der Waals surface area (Å²) in [6.07, 6.45) is 3.56. The van der Waals surface area contributed by atoms with Gasteiger partial charge in [0.2, 0.25) is 5.91 Å². The van der Waals surface area contributed by atoms with Crippen LogP contribution in [0.2, 0.25) is 0 Å². The van der Waals surface area contributed by atoms with Gasteiger partial charge in [0.1, 0.15) is 6.04 Å². The van der Waals surface area contributed by atoms with Crippen LogP contribution >= 0.6 is 11.8 Å². The first-order chi connectivity index (χ1) is 16.3. The van der Waals surface area contributed by atoms with Crippen molar-refractivity contribution in [1.82, 2.24) is 4.90 Å². The number of carbonyl (C=O) groups is 3. The number of rotatable bonds is 9. The number of aliphatic hydroxyl groups excluding tert-OH is 1. The molecule has 184 valence electrons. The molecule has 34 heavy (non-hydrogen) atoms. The number of likely N-dealkylation sites (tertiary alicyclic amines) is 1. The van der Waals surface area contributed by atoms with E-state index in [0.717, 1.165) is 23.2 Å². The maximum atomic E-state index is 14.4. The number of esters is 1. The second-order valence-electron chi connectivity index (χ2n) is 9.39. The standard InChI is InChI=1S/C26H34N2O5S/c1-5-13-27(21-16(3)9-7-10-17(21)4)24(31)22-26-12-11-18(34-26)19(25(32)33-6-2)20(26)23(30)28(22)14-8-15-29/h5,7,9-10,18-20,22,29H,1,6,8,11-15H2,2-4H3/t18-,19+,20-,22?,26?/m0/s1. The lowest BCUT2D eigenvalue weighted by Crippen LogP contribution is -2.55. The molecule has 0 saturated carbocycles. The molecule has 2 unspecified atom stereocenters. The van der Waals surface area contributed by atoms with Crippen molar-refractivity contribution in [2.75, 3.05) is 31.2 Å². The number of benzene rings is 1. The molecule has 3 heterocycles. The highest BCUT2D eigenvalue weighted by Gasteiger charge is 2.74. The Bertz CT molecular complexity index is 977. The summed E-state index contributed by atoms with van der Waals surface area (Å²) in [6.45, 7) is 10.4. The minimum absolute atomic E-state index is 0.0173. The first kappa shape index (κ1) is 24.8. The Morgan fingerprint density at radius 1 is 1.35 bits per heavy atom. The van der Waals surface area contributed by atoms with E-state index in [2.05, 4.69) is 6.58 Å². The molecule has 7 nitrogen and oxygen atoms in total. The zero-order valence-electron chi connectivity index (χ0n) is 20.2. The van der Waals surface area contributed by atoms with Crippen molar-refractivity contribution < 1.29 is 24.2 Å². The quantitative estimate of drug-likeness (QED) is 0.427. The van der Waals surface area contributed by atoms with Gasteiger partial charge in [-0.05, 0) is 51.2 Å². The number of aryl methyl sites for hydroxylation is 2. The molecular formula is C26H34N2O5S. The SMILES string of the molecule is C=CCN(C(=O)C1N(CCCO)C(=O)[C@@H]2[C@H](C(=O)OCC)[C@@H]3CCC12S3)c1c(C)cccc1C. The number of carbonyl (C=O) groups excluding carboxylic acids is 3. The topological polar surface area (TPSA) is 87.2 Å². The number of amides is 2. The molecule has 3 fully saturated rings. The first-order valence-corrected chi connectivity index (χ1v) is 12.9. The summed E-state index contributed by atoms with van der Waals surface area (Å²) in [5, 5.41) is 9.48. The summed E-state index contributed by atoms with van der Waals surface area (Å²) in [6, 6.07) is 5.21. The maximum Gasteiger partial charge on any atom is 0.310 e. The van der Waals surface area contributed by atoms with Crippen LogP contribution in [-0.4, -0.2) is 70.1 Å². The van der Waals surface area contributed by atoms with Crippen molar-refractivity contribution in [3.8, 4) is 0 Å². The number of hydrogen-bond donors (Lipinski definition) is 1. The Morgan fingerprint density at radius 3 is 2.68 bits per heavy atom. The van der Waals surface area contributed by atoms with Gasteiger partial charge in [-0.1, -0.05) is 24.3 Å². The van der Waals surface area contributed by atoms with Gasteiger partial charge in [0, 0.05) is 30.6 Å². The lowest BCUT2D eigenvalue weighted by molar-refractivity contribution is -0.153. The van der Waals surface area contributed by atoms with Crippen LogP contribution in [0.3, 0.4) is 0 Å². The smallest absolute Gasteiger partial charge is 0.310 e. The van der Waals surface area contributed by atoms with Gasteiger partial charge in [-0.25, -0.2) is 0 Å². The number of anilines is 1. The molecule has 1 aromatic rings. The van der Waals surface area contributed by atoms with Gasteiger partial charge >= 0.3 is 5.97 Å². The number of hydrogen-bond acceptors (Lipinski definition) is 6. The predicted octanol–water partition coefficient (Wildman–Crippen LogP) is 2.86. The maximum absolute atomic E-state index is 14.4. The molecule has 0 aliphatic carbocycles. The lowest BCUT2D eigenvalue weighted by Gasteiger charge is -2.38. The third-order valence-corrected chi connectivity index (χ3v) is 9.39. The summed E-state index contributed by atoms with van der Waals surface area (Å²) in [5.74, 6) is -1.77. The van der Waals surface area contributed by atoms with E-state index >= 15 is 0 Å². The largest absolute Gasteiger partial charge is 0.466 e. The molecule has 5 atom stereocenters. The molecule has 1 N–H and O–H groups in total. The van der Waals surface area contributed by atoms with Crippen LogP contribution in [0.4, 0.5) is 5.69 Å². The van der Waals surface area contributed by atoms with E-state index in [1.807, 2.05) is 32.0 Å². The Morgan fingerprint density at radius 2 is 2.06 bits per heavy atom. The molecule has 1 spiro atoms. The molecule has 4 rings (SSSR count). The number of thioether (sulfide) groups is 1. The lowest BCUT2D eigenvalue weighted by atomic mass is 9.71. The van der Waals surface area contributed by atoms with Gasteiger partial charge in [-0.2, -0.15) is 0 Å². The normalized spacial score (nSPS) is 29.3. The van der Waals surface area contributed by atoms with Crippen LogP contribution in [0.1, 0.15) is 37.3 Å². The second-order valence-corrected chi connectivity index (χ2v) is 11.0. The van der Waals surface area contributed by atoms with Crippen LogP contribution in [0, 0.1) is 25.7 Å². The summed E-state index contributed by atoms with van der Waals surface area (Å²) in [4.78, 5) is 44.5. The summed E-state index contributed by atoms with van der Waals surface area (Å²) in [5.41, 5.74) is 2.79. The fraction of sp³-hybridized carbons (Fsp3) is 0.577. The van der Waals surface area contributed by atoms with E-state index < -0.39 is 22.6 Å². The zero-order chi connectivity index (χ0) is 24.6. The molecular weight excluding hydrogens is 452 g/mol. The fourth-order valence-corrected chi connectivity index (χ4v) is 8.42. The molecule has 2 amide bonds. The van der Waals surface area contributed by atoms with E-state index in [4.69, 9.17) is 4.74 Å². The molecule has 8 heteroatoms. The van der Waals surface area contributed by atoms with Gasteiger partial charge in [0.25, 0.3) is 5.91 Å². The van der Waals surface area contributed by atoms with Crippen molar-refractivity contribution in [3.63, 3.8) is 0 Å². The van der Waals surface area contributed by atoms with Crippen molar-refractivity contribution in [3.05, 3.63) is 42.0 Å². The highest BCUT2D eigenvalue weighted by molar-refractivity contribution is 8.02. The second kappa shape index (κ2) is 9.74. The summed E-state index contributed by atoms with van der Waals surface area (Å²) >= 11 is 1.63. The number of ether oxygens (including phenoxy) is 1. The van der Waals surface area contributed by atoms with Crippen molar-refractivity contribution in [2.45, 2.75) is 56.1 Å². The van der Waals surface area contributed by atoms with E-state index in [1.165, 1.54) is 0 Å². The average Bonchev–Trinajstić information content (AvgIpc) is 3.44. The third-order valence-electron chi connectivity index (χ3n) is 7.44. The van der Waals surface area contributed by atoms with Crippen molar-refractivity contribution >= 4 is 35.2 Å². The molecule has 3 aliphatic heterocycles. The number of fused-ring (bicyclic) bond motifs is 1. The molecule has 2 bridgehead atoms. The predicted molar refractivity (Wildman–Crippen MR) is 133 cm³/mol. The Balaban J connectivity index is 1.79. The molecule has 3 saturated heterocycles. The average molecular weight is 487 g/mol. The van der Waals surface area contributed by atoms with Crippen LogP contribution in [0.15, 0.2) is 30.9 Å². The van der Waals surface area contributed by atoms with E-state index in [9.17, 15) is 19.5 Å². The fourth-order valence-electron chi connectivity index (χ4n) is 6.22. The van der Waals surface area contributed by atoms with Gasteiger partial charge in [0.05, 0.1) is 23.2 Å². The van der Waals surface area contributed by atoms with Gasteiger partial charge < -0.3 is 19.6 Å². The minimum atomic E-state index is -0.704. The third kappa shape index (κ3) is 3.75. The van der Waals surface area contributed by atoms with Gasteiger partial charge in [0.15, 0.2) is 0 Å². The number of aliphatic hydroxyl groups is 1. The van der Waals surface area contributed by atoms with E-state index in [0.29, 0.717) is 19.4 Å². The zero-order valence-corrected chi connectivity index (χ0v) is 21.0. The van der Waals surface area contributed by atoms with Crippen molar-refractivity contribution in [1.29, 1.82) is 0 Å². The van der Waals surface area contributed by atoms with Gasteiger partial charge in [-0.15, -0.1) is 18.3 Å². The highest BCUT2D eigenvalue weighted by Crippen LogP contribution is 2.66. The van der Waals surface area contributed by atoms with Crippen LogP contribution in [0.25, 0.3) is 0 Å². The summed E-state index contributed by atoms with van der Waals surface area (Å²) < 4.78 is 4.69. The molecule has 1 aromatic carbocycles. The Kier molecular flexibility index (Phi) is 7.10. The first-order valence-electron chi connectivity index (χ1n) is 12.1. The van der Waals surface area contributed by atoms with E-state index in [1.54, 1.807) is 34.6 Å². The van der Waals surface area contributed by atoms with Gasteiger partial charge in [-0.3, -0.25) is 14.4 Å². The molecule has 0 radical (unpaired) electrons. The highest BCUT2D eigenvalue weighted by atomic mass is 32.2.